The van der Waals surface area contributed by atoms with Gasteiger partial charge in [0.1, 0.15) is 0 Å². The first kappa shape index (κ1) is 15.8. The number of nitrogens with one attached hydrogen (secondary N) is 1. The molecular formula is C11H24N2O4S. The van der Waals surface area contributed by atoms with Crippen LogP contribution in [0.4, 0.5) is 0 Å². The zero-order valence-corrected chi connectivity index (χ0v) is 11.8. The summed E-state index contributed by atoms with van der Waals surface area (Å²) in [6.45, 7) is 4.62. The molecule has 1 fully saturated rings. The predicted octanol–water partition coefficient (Wildman–Crippen LogP) is -0.601. The Hall–Kier alpha value is -0.210. The van der Waals surface area contributed by atoms with Gasteiger partial charge in [0.25, 0.3) is 0 Å². The lowest BCUT2D eigenvalue weighted by Gasteiger charge is -2.31. The maximum absolute atomic E-state index is 12.0. The number of hydrogen-bond donors (Lipinski definition) is 2. The summed E-state index contributed by atoms with van der Waals surface area (Å²) in [5.41, 5.74) is 0. The summed E-state index contributed by atoms with van der Waals surface area (Å²) in [4.78, 5) is 0. The van der Waals surface area contributed by atoms with E-state index in [-0.39, 0.29) is 18.5 Å². The first-order valence-electron chi connectivity index (χ1n) is 6.51. The fraction of sp³-hybridized carbons (Fsp3) is 1.00. The molecule has 7 heteroatoms. The summed E-state index contributed by atoms with van der Waals surface area (Å²) < 4.78 is 30.9. The number of rotatable bonds is 8. The molecule has 6 nitrogen and oxygen atoms in total. The monoisotopic (exact) mass is 280 g/mol. The van der Waals surface area contributed by atoms with Crippen LogP contribution < -0.4 is 5.32 Å². The van der Waals surface area contributed by atoms with Crippen LogP contribution >= 0.6 is 0 Å². The summed E-state index contributed by atoms with van der Waals surface area (Å²) in [6.07, 6.45) is 1.50. The molecule has 0 bridgehead atoms. The molecule has 0 aromatic heterocycles. The molecule has 1 aliphatic heterocycles. The van der Waals surface area contributed by atoms with Crippen LogP contribution in [0.25, 0.3) is 0 Å². The zero-order chi connectivity index (χ0) is 13.4. The average molecular weight is 280 g/mol. The lowest BCUT2D eigenvalue weighted by Crippen LogP contribution is -2.43. The molecule has 0 saturated carbocycles. The van der Waals surface area contributed by atoms with Crippen LogP contribution in [-0.4, -0.2) is 69.1 Å². The van der Waals surface area contributed by atoms with Crippen LogP contribution in [0.2, 0.25) is 0 Å². The highest BCUT2D eigenvalue weighted by atomic mass is 32.2. The molecule has 2 N–H and O–H groups in total. The predicted molar refractivity (Wildman–Crippen MR) is 70.0 cm³/mol. The van der Waals surface area contributed by atoms with Crippen LogP contribution in [-0.2, 0) is 14.8 Å². The fourth-order valence-electron chi connectivity index (χ4n) is 2.00. The number of nitrogens with zero attached hydrogens (tertiary/aromatic N) is 1. The van der Waals surface area contributed by atoms with Crippen molar-refractivity contribution in [3.05, 3.63) is 0 Å². The molecule has 0 aromatic rings. The van der Waals surface area contributed by atoms with E-state index in [1.54, 1.807) is 4.31 Å². The van der Waals surface area contributed by atoms with Gasteiger partial charge in [-0.2, -0.15) is 0 Å². The van der Waals surface area contributed by atoms with Gasteiger partial charge in [-0.05, 0) is 19.4 Å². The Kier molecular flexibility index (Phi) is 7.10. The van der Waals surface area contributed by atoms with Crippen molar-refractivity contribution in [2.75, 3.05) is 45.1 Å². The van der Waals surface area contributed by atoms with E-state index < -0.39 is 10.0 Å². The Bertz CT molecular complexity index is 313. The molecule has 0 amide bonds. The fourth-order valence-corrected chi connectivity index (χ4v) is 3.43. The van der Waals surface area contributed by atoms with Gasteiger partial charge >= 0.3 is 0 Å². The van der Waals surface area contributed by atoms with E-state index in [1.807, 2.05) is 6.92 Å². The second-order valence-corrected chi connectivity index (χ2v) is 6.45. The highest BCUT2D eigenvalue weighted by molar-refractivity contribution is 7.89. The topological polar surface area (TPSA) is 78.9 Å². The number of aliphatic hydroxyl groups excluding tert-OH is 1. The van der Waals surface area contributed by atoms with Gasteiger partial charge in [-0.15, -0.1) is 0 Å². The molecule has 1 heterocycles. The van der Waals surface area contributed by atoms with Crippen molar-refractivity contribution in [1.82, 2.24) is 9.62 Å². The van der Waals surface area contributed by atoms with Crippen molar-refractivity contribution in [2.24, 2.45) is 0 Å². The summed E-state index contributed by atoms with van der Waals surface area (Å²) in [5, 5.41) is 11.7. The quantitative estimate of drug-likeness (QED) is 0.580. The van der Waals surface area contributed by atoms with E-state index in [0.29, 0.717) is 39.1 Å². The van der Waals surface area contributed by atoms with E-state index >= 15 is 0 Å². The largest absolute Gasteiger partial charge is 0.394 e. The highest BCUT2D eigenvalue weighted by Gasteiger charge is 2.27. The molecule has 0 radical (unpaired) electrons. The Balaban J connectivity index is 2.32. The first-order chi connectivity index (χ1) is 8.60. The molecule has 18 heavy (non-hydrogen) atoms. The first-order valence-corrected chi connectivity index (χ1v) is 8.12. The van der Waals surface area contributed by atoms with Gasteiger partial charge in [-0.3, -0.25) is 0 Å². The summed E-state index contributed by atoms with van der Waals surface area (Å²) in [7, 11) is -3.13. The van der Waals surface area contributed by atoms with Crippen molar-refractivity contribution in [3.8, 4) is 0 Å². The second kappa shape index (κ2) is 8.06. The Morgan fingerprint density at radius 3 is 2.61 bits per heavy atom. The van der Waals surface area contributed by atoms with E-state index in [2.05, 4.69) is 5.32 Å². The van der Waals surface area contributed by atoms with E-state index in [0.717, 1.165) is 6.54 Å². The standard InChI is InChI=1S/C11H24N2O4S/c1-2-12-5-10-18(15,16)13-6-3-11(4-7-13)17-9-8-14/h11-12,14H,2-10H2,1H3. The van der Waals surface area contributed by atoms with Crippen LogP contribution in [0.3, 0.4) is 0 Å². The Morgan fingerprint density at radius 1 is 1.39 bits per heavy atom. The summed E-state index contributed by atoms with van der Waals surface area (Å²) >= 11 is 0. The van der Waals surface area contributed by atoms with E-state index in [9.17, 15) is 8.42 Å². The summed E-state index contributed by atoms with van der Waals surface area (Å²) in [6, 6.07) is 0. The van der Waals surface area contributed by atoms with Crippen molar-refractivity contribution < 1.29 is 18.3 Å². The minimum absolute atomic E-state index is 0.0151. The van der Waals surface area contributed by atoms with Gasteiger partial charge in [0, 0.05) is 19.6 Å². The van der Waals surface area contributed by atoms with Gasteiger partial charge in [0.05, 0.1) is 25.1 Å². The minimum Gasteiger partial charge on any atom is -0.394 e. The second-order valence-electron chi connectivity index (χ2n) is 4.36. The molecule has 1 saturated heterocycles. The minimum atomic E-state index is -3.13. The average Bonchev–Trinajstić information content (AvgIpc) is 2.37. The molecule has 0 spiro atoms. The van der Waals surface area contributed by atoms with Crippen molar-refractivity contribution in [3.63, 3.8) is 0 Å². The van der Waals surface area contributed by atoms with Crippen LogP contribution in [0.15, 0.2) is 0 Å². The van der Waals surface area contributed by atoms with Crippen LogP contribution in [0, 0.1) is 0 Å². The normalized spacial score (nSPS) is 19.2. The van der Waals surface area contributed by atoms with Crippen molar-refractivity contribution in [2.45, 2.75) is 25.9 Å². The number of ether oxygens (including phenoxy) is 1. The molecule has 0 unspecified atom stereocenters. The van der Waals surface area contributed by atoms with Crippen molar-refractivity contribution >= 4 is 10.0 Å². The lowest BCUT2D eigenvalue weighted by molar-refractivity contribution is 0.00319. The SMILES string of the molecule is CCNCCS(=O)(=O)N1CCC(OCCO)CC1. The van der Waals surface area contributed by atoms with Gasteiger partial charge in [0.2, 0.25) is 10.0 Å². The number of aliphatic hydroxyl groups is 1. The van der Waals surface area contributed by atoms with E-state index in [1.165, 1.54) is 0 Å². The van der Waals surface area contributed by atoms with E-state index in [4.69, 9.17) is 9.84 Å². The third kappa shape index (κ3) is 5.19. The number of sulfonamides is 1. The maximum atomic E-state index is 12.0. The lowest BCUT2D eigenvalue weighted by atomic mass is 10.1. The molecule has 1 aliphatic rings. The molecular weight excluding hydrogens is 256 g/mol. The smallest absolute Gasteiger partial charge is 0.215 e. The van der Waals surface area contributed by atoms with Gasteiger partial charge in [-0.1, -0.05) is 6.92 Å². The highest BCUT2D eigenvalue weighted by Crippen LogP contribution is 2.16. The van der Waals surface area contributed by atoms with Crippen LogP contribution in [0.1, 0.15) is 19.8 Å². The molecule has 0 atom stereocenters. The maximum Gasteiger partial charge on any atom is 0.215 e. The van der Waals surface area contributed by atoms with Crippen molar-refractivity contribution in [1.29, 1.82) is 0 Å². The zero-order valence-electron chi connectivity index (χ0n) is 11.0. The number of piperidine rings is 1. The molecule has 108 valence electrons. The third-order valence-corrected chi connectivity index (χ3v) is 4.90. The summed E-state index contributed by atoms with van der Waals surface area (Å²) in [5.74, 6) is 0.156. The van der Waals surface area contributed by atoms with Crippen LogP contribution in [0.5, 0.6) is 0 Å². The van der Waals surface area contributed by atoms with Gasteiger partial charge in [0.15, 0.2) is 0 Å². The van der Waals surface area contributed by atoms with Gasteiger partial charge in [-0.25, -0.2) is 12.7 Å². The van der Waals surface area contributed by atoms with Gasteiger partial charge < -0.3 is 15.2 Å². The molecule has 0 aliphatic carbocycles. The molecule has 0 aromatic carbocycles. The Labute approximate surface area is 109 Å². The molecule has 1 rings (SSSR count). The number of hydrogen-bond acceptors (Lipinski definition) is 5. The Morgan fingerprint density at radius 2 is 2.06 bits per heavy atom. The third-order valence-electron chi connectivity index (χ3n) is 3.03.